The molecule has 2 fully saturated rings. The molecule has 1 aliphatic carbocycles. The molecule has 138 valence electrons. The molecular weight excluding hydrogens is 310 g/mol. The molecule has 0 radical (unpaired) electrons. The summed E-state index contributed by atoms with van der Waals surface area (Å²) >= 11 is 0. The van der Waals surface area contributed by atoms with Crippen molar-refractivity contribution in [2.45, 2.75) is 64.0 Å². The third-order valence-electron chi connectivity index (χ3n) is 5.78. The van der Waals surface area contributed by atoms with Crippen LogP contribution in [0.5, 0.6) is 0 Å². The molecule has 3 rings (SSSR count). The Hall–Kier alpha value is -1.39. The van der Waals surface area contributed by atoms with Crippen molar-refractivity contribution in [2.24, 2.45) is 0 Å². The molecule has 1 saturated heterocycles. The average molecular weight is 344 g/mol. The van der Waals surface area contributed by atoms with Gasteiger partial charge in [0.05, 0.1) is 0 Å². The number of aryl methyl sites for hydroxylation is 1. The van der Waals surface area contributed by atoms with Gasteiger partial charge in [-0.3, -0.25) is 4.79 Å². The van der Waals surface area contributed by atoms with Gasteiger partial charge < -0.3 is 15.5 Å². The fourth-order valence-electron chi connectivity index (χ4n) is 4.13. The quantitative estimate of drug-likeness (QED) is 0.834. The van der Waals surface area contributed by atoms with Gasteiger partial charge in [-0.1, -0.05) is 37.5 Å². The number of likely N-dealkylation sites (tertiary alicyclic amines) is 1. The number of carbonyl (C=O) groups excluding carboxylic acids is 1. The molecule has 1 heterocycles. The van der Waals surface area contributed by atoms with Crippen LogP contribution in [0.4, 0.5) is 0 Å². The predicted molar refractivity (Wildman–Crippen MR) is 103 cm³/mol. The van der Waals surface area contributed by atoms with Crippen LogP contribution in [-0.2, 0) is 0 Å². The fraction of sp³-hybridized carbons (Fsp3) is 0.667. The number of rotatable bonds is 6. The van der Waals surface area contributed by atoms with E-state index >= 15 is 0 Å². The first-order valence-electron chi connectivity index (χ1n) is 10.0. The maximum atomic E-state index is 12.4. The Labute approximate surface area is 152 Å². The van der Waals surface area contributed by atoms with E-state index in [1.165, 1.54) is 32.1 Å². The summed E-state index contributed by atoms with van der Waals surface area (Å²) in [5, 5.41) is 6.95. The minimum atomic E-state index is 0.0792. The smallest absolute Gasteiger partial charge is 0.251 e. The third-order valence-corrected chi connectivity index (χ3v) is 5.78. The summed E-state index contributed by atoms with van der Waals surface area (Å²) in [4.78, 5) is 15.0. The van der Waals surface area contributed by atoms with Crippen molar-refractivity contribution in [2.75, 3.05) is 26.2 Å². The first-order chi connectivity index (χ1) is 12.2. The highest BCUT2D eigenvalue weighted by atomic mass is 16.1. The number of hydrogen-bond donors (Lipinski definition) is 2. The van der Waals surface area contributed by atoms with Crippen LogP contribution >= 0.6 is 0 Å². The van der Waals surface area contributed by atoms with Crippen LogP contribution in [-0.4, -0.2) is 49.1 Å². The predicted octanol–water partition coefficient (Wildman–Crippen LogP) is 3.11. The molecule has 2 aliphatic rings. The summed E-state index contributed by atoms with van der Waals surface area (Å²) in [6, 6.07) is 8.89. The van der Waals surface area contributed by atoms with Gasteiger partial charge in [0.15, 0.2) is 0 Å². The second-order valence-corrected chi connectivity index (χ2v) is 7.69. The summed E-state index contributed by atoms with van der Waals surface area (Å²) in [5.41, 5.74) is 1.85. The van der Waals surface area contributed by atoms with Gasteiger partial charge in [0.25, 0.3) is 5.91 Å². The first kappa shape index (κ1) is 18.4. The number of nitrogens with zero attached hydrogens (tertiary/aromatic N) is 1. The van der Waals surface area contributed by atoms with E-state index in [2.05, 4.69) is 15.5 Å². The molecule has 0 bridgehead atoms. The summed E-state index contributed by atoms with van der Waals surface area (Å²) in [7, 11) is 0. The summed E-state index contributed by atoms with van der Waals surface area (Å²) in [5.74, 6) is 0.0792. The van der Waals surface area contributed by atoms with E-state index in [1.807, 2.05) is 31.2 Å². The molecule has 0 spiro atoms. The molecule has 0 atom stereocenters. The Morgan fingerprint density at radius 2 is 1.76 bits per heavy atom. The first-order valence-corrected chi connectivity index (χ1v) is 10.0. The standard InChI is InChI=1S/C21H33N3O/c1-17-7-5-6-10-20(17)21(25)23-19-11-14-24(15-12-19)16-13-22-18-8-3-2-4-9-18/h5-7,10,18-19,22H,2-4,8-9,11-16H2,1H3,(H,23,25). The Balaban J connectivity index is 1.34. The minimum absolute atomic E-state index is 0.0792. The molecule has 1 amide bonds. The highest BCUT2D eigenvalue weighted by molar-refractivity contribution is 5.95. The molecule has 1 aliphatic heterocycles. The van der Waals surface area contributed by atoms with Gasteiger partial charge in [-0.15, -0.1) is 0 Å². The Morgan fingerprint density at radius 1 is 1.04 bits per heavy atom. The van der Waals surface area contributed by atoms with Crippen molar-refractivity contribution in [1.29, 1.82) is 0 Å². The van der Waals surface area contributed by atoms with Crippen LogP contribution < -0.4 is 10.6 Å². The Kier molecular flexibility index (Phi) is 6.88. The molecule has 0 unspecified atom stereocenters. The summed E-state index contributed by atoms with van der Waals surface area (Å²) in [6.07, 6.45) is 9.02. The molecule has 4 heteroatoms. The fourth-order valence-corrected chi connectivity index (χ4v) is 4.13. The maximum Gasteiger partial charge on any atom is 0.251 e. The zero-order chi connectivity index (χ0) is 17.5. The van der Waals surface area contributed by atoms with Gasteiger partial charge >= 0.3 is 0 Å². The molecular formula is C21H33N3O. The monoisotopic (exact) mass is 343 g/mol. The van der Waals surface area contributed by atoms with Crippen LogP contribution in [0, 0.1) is 6.92 Å². The average Bonchev–Trinajstić information content (AvgIpc) is 2.64. The van der Waals surface area contributed by atoms with Crippen molar-refractivity contribution in [3.63, 3.8) is 0 Å². The Morgan fingerprint density at radius 3 is 2.48 bits per heavy atom. The highest BCUT2D eigenvalue weighted by Gasteiger charge is 2.21. The second kappa shape index (κ2) is 9.35. The van der Waals surface area contributed by atoms with Gasteiger partial charge in [-0.05, 0) is 44.2 Å². The zero-order valence-electron chi connectivity index (χ0n) is 15.6. The van der Waals surface area contributed by atoms with E-state index < -0.39 is 0 Å². The molecule has 25 heavy (non-hydrogen) atoms. The number of nitrogens with one attached hydrogen (secondary N) is 2. The Bertz CT molecular complexity index is 546. The summed E-state index contributed by atoms with van der Waals surface area (Å²) in [6.45, 7) is 6.41. The lowest BCUT2D eigenvalue weighted by molar-refractivity contribution is 0.0910. The van der Waals surface area contributed by atoms with Gasteiger partial charge in [-0.25, -0.2) is 0 Å². The van der Waals surface area contributed by atoms with Crippen molar-refractivity contribution in [3.05, 3.63) is 35.4 Å². The van der Waals surface area contributed by atoms with Gasteiger partial charge in [0.1, 0.15) is 0 Å². The van der Waals surface area contributed by atoms with E-state index in [1.54, 1.807) is 0 Å². The van der Waals surface area contributed by atoms with E-state index in [4.69, 9.17) is 0 Å². The number of amides is 1. The SMILES string of the molecule is Cc1ccccc1C(=O)NC1CCN(CCNC2CCCCC2)CC1. The molecule has 0 aromatic heterocycles. The molecule has 1 aromatic rings. The van der Waals surface area contributed by atoms with Crippen LogP contribution in [0.25, 0.3) is 0 Å². The van der Waals surface area contributed by atoms with E-state index in [0.717, 1.165) is 56.2 Å². The lowest BCUT2D eigenvalue weighted by atomic mass is 9.95. The molecule has 1 saturated carbocycles. The molecule has 4 nitrogen and oxygen atoms in total. The van der Waals surface area contributed by atoms with Crippen LogP contribution in [0.2, 0.25) is 0 Å². The second-order valence-electron chi connectivity index (χ2n) is 7.69. The molecule has 2 N–H and O–H groups in total. The number of hydrogen-bond acceptors (Lipinski definition) is 3. The highest BCUT2D eigenvalue weighted by Crippen LogP contribution is 2.17. The van der Waals surface area contributed by atoms with Crippen molar-refractivity contribution < 1.29 is 4.79 Å². The number of piperidine rings is 1. The van der Waals surface area contributed by atoms with Gasteiger partial charge in [0.2, 0.25) is 0 Å². The van der Waals surface area contributed by atoms with Crippen LogP contribution in [0.1, 0.15) is 60.9 Å². The largest absolute Gasteiger partial charge is 0.349 e. The van der Waals surface area contributed by atoms with E-state index in [9.17, 15) is 4.79 Å². The third kappa shape index (κ3) is 5.55. The minimum Gasteiger partial charge on any atom is -0.349 e. The van der Waals surface area contributed by atoms with E-state index in [0.29, 0.717) is 6.04 Å². The number of benzene rings is 1. The lowest BCUT2D eigenvalue weighted by Crippen LogP contribution is -2.47. The maximum absolute atomic E-state index is 12.4. The topological polar surface area (TPSA) is 44.4 Å². The lowest BCUT2D eigenvalue weighted by Gasteiger charge is -2.33. The summed E-state index contributed by atoms with van der Waals surface area (Å²) < 4.78 is 0. The zero-order valence-corrected chi connectivity index (χ0v) is 15.6. The van der Waals surface area contributed by atoms with E-state index in [-0.39, 0.29) is 5.91 Å². The van der Waals surface area contributed by atoms with Crippen molar-refractivity contribution >= 4 is 5.91 Å². The molecule has 1 aromatic carbocycles. The van der Waals surface area contributed by atoms with Crippen molar-refractivity contribution in [3.8, 4) is 0 Å². The van der Waals surface area contributed by atoms with Crippen molar-refractivity contribution in [1.82, 2.24) is 15.5 Å². The number of carbonyl (C=O) groups is 1. The van der Waals surface area contributed by atoms with Crippen LogP contribution in [0.3, 0.4) is 0 Å². The van der Waals surface area contributed by atoms with Gasteiger partial charge in [0, 0.05) is 43.8 Å². The normalized spacial score (nSPS) is 20.5. The van der Waals surface area contributed by atoms with Gasteiger partial charge in [-0.2, -0.15) is 0 Å². The van der Waals surface area contributed by atoms with Crippen LogP contribution in [0.15, 0.2) is 24.3 Å².